The third kappa shape index (κ3) is 4.67. The molecular formula is C14H24N4O. The van der Waals surface area contributed by atoms with Crippen LogP contribution in [0.25, 0.3) is 0 Å². The van der Waals surface area contributed by atoms with Gasteiger partial charge in [-0.25, -0.2) is 4.98 Å². The van der Waals surface area contributed by atoms with Crippen LogP contribution in [0.2, 0.25) is 0 Å². The normalized spacial score (nSPS) is 16.3. The maximum absolute atomic E-state index is 5.42. The number of hydrogen-bond acceptors (Lipinski definition) is 5. The molecule has 106 valence electrons. The first-order valence-corrected chi connectivity index (χ1v) is 7.22. The number of aryl methyl sites for hydroxylation is 1. The van der Waals surface area contributed by atoms with Crippen LogP contribution in [0.1, 0.15) is 31.9 Å². The van der Waals surface area contributed by atoms with Crippen molar-refractivity contribution in [2.75, 3.05) is 38.1 Å². The maximum atomic E-state index is 5.42. The Labute approximate surface area is 115 Å². The minimum atomic E-state index is 0.629. The van der Waals surface area contributed by atoms with Gasteiger partial charge in [0.05, 0.1) is 6.61 Å². The van der Waals surface area contributed by atoms with Crippen LogP contribution < -0.4 is 10.1 Å². The summed E-state index contributed by atoms with van der Waals surface area (Å²) >= 11 is 0. The number of nitrogens with one attached hydrogen (secondary N) is 1. The molecule has 1 aliphatic rings. The van der Waals surface area contributed by atoms with E-state index in [-0.39, 0.29) is 0 Å². The summed E-state index contributed by atoms with van der Waals surface area (Å²) in [6, 6.07) is 1.86. The molecule has 2 rings (SSSR count). The Kier molecular flexibility index (Phi) is 5.39. The highest BCUT2D eigenvalue weighted by atomic mass is 16.5. The summed E-state index contributed by atoms with van der Waals surface area (Å²) in [4.78, 5) is 11.2. The van der Waals surface area contributed by atoms with Crippen molar-refractivity contribution in [3.63, 3.8) is 0 Å². The lowest BCUT2D eigenvalue weighted by molar-refractivity contribution is 0.237. The average molecular weight is 264 g/mol. The van der Waals surface area contributed by atoms with E-state index in [1.165, 1.54) is 32.4 Å². The van der Waals surface area contributed by atoms with Crippen molar-refractivity contribution in [2.45, 2.75) is 33.1 Å². The molecule has 0 aromatic carbocycles. The van der Waals surface area contributed by atoms with Crippen molar-refractivity contribution in [3.8, 4) is 5.88 Å². The summed E-state index contributed by atoms with van der Waals surface area (Å²) in [5.41, 5.74) is 0.930. The molecule has 5 heteroatoms. The lowest BCUT2D eigenvalue weighted by Gasteiger charge is -2.26. The molecule has 1 N–H and O–H groups in total. The van der Waals surface area contributed by atoms with Gasteiger partial charge in [0.1, 0.15) is 0 Å². The molecule has 0 atom stereocenters. The number of aromatic nitrogens is 2. The first kappa shape index (κ1) is 14.1. The van der Waals surface area contributed by atoms with Crippen LogP contribution in [0.15, 0.2) is 6.07 Å². The number of nitrogens with zero attached hydrogens (tertiary/aromatic N) is 3. The summed E-state index contributed by atoms with van der Waals surface area (Å²) in [5.74, 6) is 1.32. The number of likely N-dealkylation sites (tertiary alicyclic amines) is 1. The molecule has 1 aromatic rings. The quantitative estimate of drug-likeness (QED) is 0.852. The minimum Gasteiger partial charge on any atom is -0.478 e. The smallest absolute Gasteiger partial charge is 0.226 e. The number of rotatable bonds is 6. The Morgan fingerprint density at radius 2 is 2.05 bits per heavy atom. The van der Waals surface area contributed by atoms with Crippen molar-refractivity contribution in [1.82, 2.24) is 14.9 Å². The molecule has 0 aliphatic carbocycles. The molecule has 1 fully saturated rings. The highest BCUT2D eigenvalue weighted by Gasteiger charge is 2.09. The molecule has 0 bridgehead atoms. The molecular weight excluding hydrogens is 240 g/mol. The van der Waals surface area contributed by atoms with Crippen molar-refractivity contribution in [2.24, 2.45) is 0 Å². The molecule has 0 radical (unpaired) electrons. The minimum absolute atomic E-state index is 0.629. The lowest BCUT2D eigenvalue weighted by atomic mass is 10.1. The van der Waals surface area contributed by atoms with Gasteiger partial charge in [0, 0.05) is 24.8 Å². The Morgan fingerprint density at radius 3 is 2.79 bits per heavy atom. The van der Waals surface area contributed by atoms with Crippen molar-refractivity contribution >= 4 is 5.95 Å². The van der Waals surface area contributed by atoms with Crippen LogP contribution in [0, 0.1) is 6.92 Å². The number of ether oxygens (including phenoxy) is 1. The number of anilines is 1. The largest absolute Gasteiger partial charge is 0.478 e. The van der Waals surface area contributed by atoms with E-state index in [0.29, 0.717) is 18.4 Å². The number of piperidine rings is 1. The molecule has 1 saturated heterocycles. The first-order valence-electron chi connectivity index (χ1n) is 7.22. The molecule has 19 heavy (non-hydrogen) atoms. The second-order valence-corrected chi connectivity index (χ2v) is 4.93. The molecule has 0 unspecified atom stereocenters. The summed E-state index contributed by atoms with van der Waals surface area (Å²) < 4.78 is 5.42. The van der Waals surface area contributed by atoms with Gasteiger partial charge in [-0.2, -0.15) is 4.98 Å². The van der Waals surface area contributed by atoms with Crippen molar-refractivity contribution in [1.29, 1.82) is 0 Å². The van der Waals surface area contributed by atoms with Gasteiger partial charge in [-0.15, -0.1) is 0 Å². The second kappa shape index (κ2) is 7.28. The molecule has 0 spiro atoms. The monoisotopic (exact) mass is 264 g/mol. The Hall–Kier alpha value is -1.36. The van der Waals surface area contributed by atoms with Gasteiger partial charge < -0.3 is 15.0 Å². The van der Waals surface area contributed by atoms with Crippen LogP contribution in [0.5, 0.6) is 5.88 Å². The molecule has 1 aromatic heterocycles. The zero-order chi connectivity index (χ0) is 13.5. The first-order chi connectivity index (χ1) is 9.28. The van der Waals surface area contributed by atoms with Gasteiger partial charge in [-0.3, -0.25) is 0 Å². The van der Waals surface area contributed by atoms with E-state index < -0.39 is 0 Å². The Morgan fingerprint density at radius 1 is 1.26 bits per heavy atom. The average Bonchev–Trinajstić information content (AvgIpc) is 2.40. The van der Waals surface area contributed by atoms with Gasteiger partial charge in [0.15, 0.2) is 0 Å². The van der Waals surface area contributed by atoms with Crippen molar-refractivity contribution in [3.05, 3.63) is 11.8 Å². The van der Waals surface area contributed by atoms with Crippen LogP contribution in [-0.4, -0.2) is 47.7 Å². The Bertz CT molecular complexity index is 391. The third-order valence-electron chi connectivity index (χ3n) is 3.28. The Balaban J connectivity index is 1.81. The van der Waals surface area contributed by atoms with E-state index in [2.05, 4.69) is 20.2 Å². The standard InChI is InChI=1S/C14H24N4O/c1-3-19-13-11-12(2)16-14(17-13)15-7-10-18-8-5-4-6-9-18/h11H,3-10H2,1-2H3,(H,15,16,17). The van der Waals surface area contributed by atoms with E-state index in [4.69, 9.17) is 4.74 Å². The predicted molar refractivity (Wildman–Crippen MR) is 76.7 cm³/mol. The van der Waals surface area contributed by atoms with Gasteiger partial charge in [0.25, 0.3) is 0 Å². The second-order valence-electron chi connectivity index (χ2n) is 4.93. The summed E-state index contributed by atoms with van der Waals surface area (Å²) in [7, 11) is 0. The highest BCUT2D eigenvalue weighted by molar-refractivity contribution is 5.30. The van der Waals surface area contributed by atoms with Gasteiger partial charge in [-0.1, -0.05) is 6.42 Å². The van der Waals surface area contributed by atoms with Crippen LogP contribution in [-0.2, 0) is 0 Å². The molecule has 1 aliphatic heterocycles. The van der Waals surface area contributed by atoms with Crippen LogP contribution in [0.3, 0.4) is 0 Å². The lowest BCUT2D eigenvalue weighted by Crippen LogP contribution is -2.33. The van der Waals surface area contributed by atoms with Gasteiger partial charge in [-0.05, 0) is 39.8 Å². The third-order valence-corrected chi connectivity index (χ3v) is 3.28. The summed E-state index contributed by atoms with van der Waals surface area (Å²) in [6.07, 6.45) is 4.04. The fourth-order valence-corrected chi connectivity index (χ4v) is 2.35. The highest BCUT2D eigenvalue weighted by Crippen LogP contribution is 2.12. The van der Waals surface area contributed by atoms with E-state index in [0.717, 1.165) is 18.8 Å². The van der Waals surface area contributed by atoms with Crippen LogP contribution in [0.4, 0.5) is 5.95 Å². The van der Waals surface area contributed by atoms with E-state index in [9.17, 15) is 0 Å². The fourth-order valence-electron chi connectivity index (χ4n) is 2.35. The number of hydrogen-bond donors (Lipinski definition) is 1. The van der Waals surface area contributed by atoms with E-state index in [1.807, 2.05) is 19.9 Å². The predicted octanol–water partition coefficient (Wildman–Crippen LogP) is 2.08. The topological polar surface area (TPSA) is 50.3 Å². The fraction of sp³-hybridized carbons (Fsp3) is 0.714. The zero-order valence-corrected chi connectivity index (χ0v) is 12.0. The van der Waals surface area contributed by atoms with Gasteiger partial charge >= 0.3 is 0 Å². The van der Waals surface area contributed by atoms with Gasteiger partial charge in [0.2, 0.25) is 11.8 Å². The summed E-state index contributed by atoms with van der Waals surface area (Å²) in [5, 5.41) is 3.29. The van der Waals surface area contributed by atoms with Crippen molar-refractivity contribution < 1.29 is 4.74 Å². The molecule has 2 heterocycles. The molecule has 5 nitrogen and oxygen atoms in total. The van der Waals surface area contributed by atoms with E-state index in [1.54, 1.807) is 0 Å². The van der Waals surface area contributed by atoms with Crippen LogP contribution >= 0.6 is 0 Å². The molecule has 0 amide bonds. The summed E-state index contributed by atoms with van der Waals surface area (Å²) in [6.45, 7) is 8.93. The molecule has 0 saturated carbocycles. The zero-order valence-electron chi connectivity index (χ0n) is 12.0. The van der Waals surface area contributed by atoms with E-state index >= 15 is 0 Å². The maximum Gasteiger partial charge on any atom is 0.226 e. The SMILES string of the molecule is CCOc1cc(C)nc(NCCN2CCCCC2)n1.